The zero-order valence-electron chi connectivity index (χ0n) is 17.1. The third-order valence-electron chi connectivity index (χ3n) is 5.28. The Morgan fingerprint density at radius 2 is 1.86 bits per heavy atom. The summed E-state index contributed by atoms with van der Waals surface area (Å²) in [6.07, 6.45) is 1.71. The van der Waals surface area contributed by atoms with E-state index in [1.807, 2.05) is 38.1 Å². The Hall–Kier alpha value is -3.12. The molecule has 1 saturated heterocycles. The lowest BCUT2D eigenvalue weighted by atomic mass is 10.2. The molecule has 0 radical (unpaired) electrons. The molecule has 0 atom stereocenters. The van der Waals surface area contributed by atoms with E-state index in [9.17, 15) is 4.79 Å². The third-order valence-corrected chi connectivity index (χ3v) is 5.28. The molecule has 1 aromatic carbocycles. The van der Waals surface area contributed by atoms with E-state index < -0.39 is 0 Å². The number of nitrogens with one attached hydrogen (secondary N) is 1. The van der Waals surface area contributed by atoms with Crippen LogP contribution in [0.3, 0.4) is 0 Å². The van der Waals surface area contributed by atoms with Crippen LogP contribution in [0.4, 0.5) is 11.5 Å². The molecule has 0 unspecified atom stereocenters. The highest BCUT2D eigenvalue weighted by molar-refractivity contribution is 6.05. The first-order chi connectivity index (χ1) is 14.0. The number of morpholine rings is 1. The molecule has 3 aromatic rings. The second-order valence-corrected chi connectivity index (χ2v) is 7.42. The lowest BCUT2D eigenvalue weighted by Crippen LogP contribution is -2.36. The van der Waals surface area contributed by atoms with E-state index in [0.717, 1.165) is 49.2 Å². The zero-order chi connectivity index (χ0) is 20.4. The first-order valence-corrected chi connectivity index (χ1v) is 9.89. The summed E-state index contributed by atoms with van der Waals surface area (Å²) in [5.74, 6) is 0.779. The van der Waals surface area contributed by atoms with Crippen molar-refractivity contribution >= 4 is 17.4 Å². The van der Waals surface area contributed by atoms with Gasteiger partial charge in [-0.2, -0.15) is 0 Å². The fourth-order valence-corrected chi connectivity index (χ4v) is 3.79. The third kappa shape index (κ3) is 4.03. The number of nitrogens with zero attached hydrogens (tertiary/aromatic N) is 3. The number of amides is 1. The minimum absolute atomic E-state index is 0.127. The molecule has 0 spiro atoms. The van der Waals surface area contributed by atoms with Gasteiger partial charge in [0, 0.05) is 30.2 Å². The molecule has 0 saturated carbocycles. The topological polar surface area (TPSA) is 59.4 Å². The van der Waals surface area contributed by atoms with Crippen molar-refractivity contribution in [1.82, 2.24) is 9.55 Å². The summed E-state index contributed by atoms with van der Waals surface area (Å²) in [4.78, 5) is 19.6. The van der Waals surface area contributed by atoms with E-state index in [1.165, 1.54) is 5.56 Å². The fraction of sp³-hybridized carbons (Fsp3) is 0.304. The predicted octanol–water partition coefficient (Wildman–Crippen LogP) is 3.89. The van der Waals surface area contributed by atoms with E-state index >= 15 is 0 Å². The first kappa shape index (κ1) is 19.2. The number of benzene rings is 1. The van der Waals surface area contributed by atoms with Gasteiger partial charge < -0.3 is 19.5 Å². The lowest BCUT2D eigenvalue weighted by Gasteiger charge is -2.27. The summed E-state index contributed by atoms with van der Waals surface area (Å²) in [5, 5.41) is 2.97. The van der Waals surface area contributed by atoms with Crippen LogP contribution in [0, 0.1) is 20.8 Å². The average Bonchev–Trinajstić information content (AvgIpc) is 3.03. The van der Waals surface area contributed by atoms with E-state index in [2.05, 4.69) is 44.9 Å². The maximum Gasteiger partial charge on any atom is 0.257 e. The van der Waals surface area contributed by atoms with E-state index in [1.54, 1.807) is 6.20 Å². The lowest BCUT2D eigenvalue weighted by molar-refractivity contribution is 0.102. The van der Waals surface area contributed by atoms with E-state index in [-0.39, 0.29) is 5.91 Å². The normalized spacial score (nSPS) is 14.1. The summed E-state index contributed by atoms with van der Waals surface area (Å²) < 4.78 is 7.49. The predicted molar refractivity (Wildman–Crippen MR) is 115 cm³/mol. The molecule has 1 fully saturated rings. The van der Waals surface area contributed by atoms with Gasteiger partial charge in [-0.25, -0.2) is 4.98 Å². The summed E-state index contributed by atoms with van der Waals surface area (Å²) in [5.41, 5.74) is 5.55. The quantitative estimate of drug-likeness (QED) is 0.734. The molecule has 2 aromatic heterocycles. The molecule has 0 bridgehead atoms. The summed E-state index contributed by atoms with van der Waals surface area (Å²) in [7, 11) is 0. The monoisotopic (exact) mass is 390 g/mol. The molecular weight excluding hydrogens is 364 g/mol. The van der Waals surface area contributed by atoms with Gasteiger partial charge in [-0.3, -0.25) is 4.79 Å². The van der Waals surface area contributed by atoms with Gasteiger partial charge in [-0.05, 0) is 56.7 Å². The zero-order valence-corrected chi connectivity index (χ0v) is 17.1. The number of carbonyl (C=O) groups excluding carboxylic acids is 1. The maximum atomic E-state index is 12.9. The molecule has 4 rings (SSSR count). The molecule has 6 nitrogen and oxygen atoms in total. The van der Waals surface area contributed by atoms with Gasteiger partial charge in [-0.15, -0.1) is 0 Å². The smallest absolute Gasteiger partial charge is 0.257 e. The molecule has 1 aliphatic rings. The van der Waals surface area contributed by atoms with Crippen LogP contribution in [0.2, 0.25) is 0 Å². The average molecular weight is 390 g/mol. The Bertz CT molecular complexity index is 1020. The highest BCUT2D eigenvalue weighted by Crippen LogP contribution is 2.23. The van der Waals surface area contributed by atoms with Crippen molar-refractivity contribution in [2.45, 2.75) is 20.8 Å². The van der Waals surface area contributed by atoms with Gasteiger partial charge >= 0.3 is 0 Å². The van der Waals surface area contributed by atoms with Crippen molar-refractivity contribution in [2.75, 3.05) is 36.5 Å². The summed E-state index contributed by atoms with van der Waals surface area (Å²) >= 11 is 0. The number of hydrogen-bond donors (Lipinski definition) is 1. The highest BCUT2D eigenvalue weighted by Gasteiger charge is 2.18. The van der Waals surface area contributed by atoms with Crippen molar-refractivity contribution < 1.29 is 9.53 Å². The molecular formula is C23H26N4O2. The van der Waals surface area contributed by atoms with Gasteiger partial charge in [0.2, 0.25) is 0 Å². The van der Waals surface area contributed by atoms with Gasteiger partial charge in [0.15, 0.2) is 0 Å². The minimum Gasteiger partial charge on any atom is -0.378 e. The van der Waals surface area contributed by atoms with Crippen molar-refractivity contribution in [3.63, 3.8) is 0 Å². The van der Waals surface area contributed by atoms with Crippen molar-refractivity contribution in [1.29, 1.82) is 0 Å². The number of anilines is 2. The van der Waals surface area contributed by atoms with Crippen LogP contribution in [0.15, 0.2) is 48.7 Å². The second kappa shape index (κ2) is 8.09. The Morgan fingerprint density at radius 3 is 2.55 bits per heavy atom. The van der Waals surface area contributed by atoms with Crippen LogP contribution < -0.4 is 10.2 Å². The molecule has 1 aliphatic heterocycles. The summed E-state index contributed by atoms with van der Waals surface area (Å²) in [6, 6.07) is 14.1. The highest BCUT2D eigenvalue weighted by atomic mass is 16.5. The number of ether oxygens (including phenoxy) is 1. The van der Waals surface area contributed by atoms with Crippen LogP contribution >= 0.6 is 0 Å². The summed E-state index contributed by atoms with van der Waals surface area (Å²) in [6.45, 7) is 9.18. The molecule has 1 amide bonds. The van der Waals surface area contributed by atoms with Crippen LogP contribution in [-0.2, 0) is 4.74 Å². The number of aromatic nitrogens is 2. The van der Waals surface area contributed by atoms with E-state index in [4.69, 9.17) is 4.74 Å². The van der Waals surface area contributed by atoms with Crippen molar-refractivity contribution in [3.8, 4) is 5.69 Å². The Morgan fingerprint density at radius 1 is 1.07 bits per heavy atom. The molecule has 1 N–H and O–H groups in total. The van der Waals surface area contributed by atoms with Crippen molar-refractivity contribution in [3.05, 3.63) is 71.2 Å². The van der Waals surface area contributed by atoms with Gasteiger partial charge in [0.1, 0.15) is 5.82 Å². The maximum absolute atomic E-state index is 12.9. The van der Waals surface area contributed by atoms with Crippen LogP contribution in [0.5, 0.6) is 0 Å². The molecule has 0 aliphatic carbocycles. The SMILES string of the molecule is Cc1cccc(-n2c(C)cc(C(=O)Nc3ccc(N4CCOCC4)nc3)c2C)c1. The van der Waals surface area contributed by atoms with E-state index in [0.29, 0.717) is 11.3 Å². The number of pyridine rings is 1. The van der Waals surface area contributed by atoms with Gasteiger partial charge in [-0.1, -0.05) is 12.1 Å². The second-order valence-electron chi connectivity index (χ2n) is 7.42. The van der Waals surface area contributed by atoms with Crippen LogP contribution in [-0.4, -0.2) is 41.8 Å². The number of hydrogen-bond acceptors (Lipinski definition) is 4. The van der Waals surface area contributed by atoms with Gasteiger partial charge in [0.25, 0.3) is 5.91 Å². The largest absolute Gasteiger partial charge is 0.378 e. The van der Waals surface area contributed by atoms with Crippen LogP contribution in [0.25, 0.3) is 5.69 Å². The first-order valence-electron chi connectivity index (χ1n) is 9.89. The minimum atomic E-state index is -0.127. The standard InChI is InChI=1S/C23H26N4O2/c1-16-5-4-6-20(13-16)27-17(2)14-21(18(27)3)23(28)25-19-7-8-22(24-15-19)26-9-11-29-12-10-26/h4-8,13-15H,9-12H2,1-3H3,(H,25,28). The van der Waals surface area contributed by atoms with Crippen molar-refractivity contribution in [2.24, 2.45) is 0 Å². The molecule has 29 heavy (non-hydrogen) atoms. The Balaban J connectivity index is 1.52. The molecule has 6 heteroatoms. The number of rotatable bonds is 4. The number of aryl methyl sites for hydroxylation is 2. The Kier molecular flexibility index (Phi) is 5.36. The number of carbonyl (C=O) groups is 1. The molecule has 150 valence electrons. The fourth-order valence-electron chi connectivity index (χ4n) is 3.79. The Labute approximate surface area is 171 Å². The van der Waals surface area contributed by atoms with Crippen LogP contribution in [0.1, 0.15) is 27.3 Å². The molecule has 3 heterocycles. The van der Waals surface area contributed by atoms with Gasteiger partial charge in [0.05, 0.1) is 30.7 Å².